The topological polar surface area (TPSA) is 46.2 Å². The first-order valence-electron chi connectivity index (χ1n) is 6.20. The quantitative estimate of drug-likeness (QED) is 0.521. The molecule has 6 heteroatoms. The molecule has 5 nitrogen and oxygen atoms in total. The van der Waals surface area contributed by atoms with Crippen LogP contribution in [0.5, 0.6) is 0 Å². The van der Waals surface area contributed by atoms with Gasteiger partial charge in [-0.1, -0.05) is 22.6 Å². The highest BCUT2D eigenvalue weighted by molar-refractivity contribution is 14.1. The second kappa shape index (κ2) is 4.02. The molecule has 0 aromatic rings. The molecule has 3 heterocycles. The molecule has 0 aromatic carbocycles. The third-order valence-electron chi connectivity index (χ3n) is 3.47. The second-order valence-electron chi connectivity index (χ2n) is 5.93. The van der Waals surface area contributed by atoms with E-state index in [0.29, 0.717) is 6.61 Å². The van der Waals surface area contributed by atoms with Gasteiger partial charge in [0.15, 0.2) is 11.6 Å². The van der Waals surface area contributed by atoms with Gasteiger partial charge in [0, 0.05) is 4.43 Å². The summed E-state index contributed by atoms with van der Waals surface area (Å²) in [6.07, 6.45) is -0.335. The summed E-state index contributed by atoms with van der Waals surface area (Å²) in [4.78, 5) is 0. The van der Waals surface area contributed by atoms with Crippen LogP contribution in [0, 0.1) is 0 Å². The number of ether oxygens (including phenoxy) is 5. The zero-order chi connectivity index (χ0) is 13.2. The van der Waals surface area contributed by atoms with Crippen molar-refractivity contribution in [3.63, 3.8) is 0 Å². The van der Waals surface area contributed by atoms with Gasteiger partial charge in [-0.25, -0.2) is 0 Å². The highest BCUT2D eigenvalue weighted by atomic mass is 127. The molecule has 104 valence electrons. The first-order chi connectivity index (χ1) is 8.27. The summed E-state index contributed by atoms with van der Waals surface area (Å²) in [6, 6.07) is 0. The summed E-state index contributed by atoms with van der Waals surface area (Å²) in [5, 5.41) is 0. The van der Waals surface area contributed by atoms with E-state index in [1.54, 1.807) is 0 Å². The average molecular weight is 370 g/mol. The van der Waals surface area contributed by atoms with Crippen LogP contribution in [-0.2, 0) is 23.7 Å². The highest BCUT2D eigenvalue weighted by Crippen LogP contribution is 2.49. The van der Waals surface area contributed by atoms with Gasteiger partial charge >= 0.3 is 0 Å². The SMILES string of the molecule is CC1(C)O[C@H]2[C@@H](CI)O[C@@]3(COC(C)(C)O3)[C@H]2O1. The molecule has 0 N–H and O–H groups in total. The fourth-order valence-corrected chi connectivity index (χ4v) is 3.54. The van der Waals surface area contributed by atoms with Gasteiger partial charge in [0.05, 0.1) is 6.10 Å². The largest absolute Gasteiger partial charge is 0.345 e. The van der Waals surface area contributed by atoms with Crippen molar-refractivity contribution in [1.29, 1.82) is 0 Å². The molecule has 0 radical (unpaired) electrons. The molecular formula is C12H19IO5. The normalized spacial score (nSPS) is 48.8. The Bertz CT molecular complexity index is 358. The molecule has 18 heavy (non-hydrogen) atoms. The van der Waals surface area contributed by atoms with Crippen molar-refractivity contribution in [3.05, 3.63) is 0 Å². The number of hydrogen-bond acceptors (Lipinski definition) is 5. The molecule has 0 bridgehead atoms. The van der Waals surface area contributed by atoms with E-state index in [9.17, 15) is 0 Å². The van der Waals surface area contributed by atoms with Gasteiger partial charge in [-0.3, -0.25) is 0 Å². The van der Waals surface area contributed by atoms with E-state index in [4.69, 9.17) is 23.7 Å². The molecule has 0 saturated carbocycles. The van der Waals surface area contributed by atoms with Crippen LogP contribution in [0.15, 0.2) is 0 Å². The molecule has 0 aromatic heterocycles. The third-order valence-corrected chi connectivity index (χ3v) is 4.34. The maximum atomic E-state index is 6.05. The molecule has 1 spiro atoms. The highest BCUT2D eigenvalue weighted by Gasteiger charge is 2.67. The van der Waals surface area contributed by atoms with Crippen molar-refractivity contribution in [3.8, 4) is 0 Å². The summed E-state index contributed by atoms with van der Waals surface area (Å²) in [7, 11) is 0. The summed E-state index contributed by atoms with van der Waals surface area (Å²) < 4.78 is 30.5. The van der Waals surface area contributed by atoms with Crippen molar-refractivity contribution in [1.82, 2.24) is 0 Å². The first-order valence-corrected chi connectivity index (χ1v) is 7.73. The van der Waals surface area contributed by atoms with Crippen molar-refractivity contribution >= 4 is 22.6 Å². The van der Waals surface area contributed by atoms with E-state index in [1.165, 1.54) is 0 Å². The van der Waals surface area contributed by atoms with Gasteiger partial charge < -0.3 is 23.7 Å². The number of halogens is 1. The molecule has 3 saturated heterocycles. The van der Waals surface area contributed by atoms with Crippen LogP contribution in [0.2, 0.25) is 0 Å². The van der Waals surface area contributed by atoms with Gasteiger partial charge in [0.25, 0.3) is 0 Å². The summed E-state index contributed by atoms with van der Waals surface area (Å²) >= 11 is 2.30. The van der Waals surface area contributed by atoms with E-state index < -0.39 is 17.4 Å². The number of rotatable bonds is 1. The van der Waals surface area contributed by atoms with Crippen LogP contribution in [0.1, 0.15) is 27.7 Å². The van der Waals surface area contributed by atoms with E-state index in [-0.39, 0.29) is 18.3 Å². The van der Waals surface area contributed by atoms with E-state index in [2.05, 4.69) is 22.6 Å². The van der Waals surface area contributed by atoms with Crippen LogP contribution >= 0.6 is 22.6 Å². The van der Waals surface area contributed by atoms with Gasteiger partial charge in [-0.15, -0.1) is 0 Å². The Morgan fingerprint density at radius 2 is 1.78 bits per heavy atom. The maximum Gasteiger partial charge on any atom is 0.224 e. The van der Waals surface area contributed by atoms with E-state index in [0.717, 1.165) is 4.43 Å². The lowest BCUT2D eigenvalue weighted by molar-refractivity contribution is -0.293. The Morgan fingerprint density at radius 3 is 2.33 bits per heavy atom. The van der Waals surface area contributed by atoms with Crippen molar-refractivity contribution in [2.24, 2.45) is 0 Å². The van der Waals surface area contributed by atoms with E-state index in [1.807, 2.05) is 27.7 Å². The molecule has 0 amide bonds. The van der Waals surface area contributed by atoms with E-state index >= 15 is 0 Å². The fraction of sp³-hybridized carbons (Fsp3) is 1.00. The Labute approximate surface area is 121 Å². The Kier molecular flexibility index (Phi) is 3.02. The zero-order valence-electron chi connectivity index (χ0n) is 11.1. The van der Waals surface area contributed by atoms with Gasteiger partial charge in [-0.2, -0.15) is 0 Å². The first kappa shape index (κ1) is 13.5. The lowest BCUT2D eigenvalue weighted by Crippen LogP contribution is -2.46. The second-order valence-corrected chi connectivity index (χ2v) is 6.81. The minimum atomic E-state index is -0.822. The average Bonchev–Trinajstić information content (AvgIpc) is 2.81. The molecule has 3 rings (SSSR count). The van der Waals surface area contributed by atoms with Crippen LogP contribution in [0.4, 0.5) is 0 Å². The van der Waals surface area contributed by atoms with Crippen molar-refractivity contribution in [2.75, 3.05) is 11.0 Å². The smallest absolute Gasteiger partial charge is 0.224 e. The van der Waals surface area contributed by atoms with Gasteiger partial charge in [0.2, 0.25) is 5.79 Å². The fourth-order valence-electron chi connectivity index (χ4n) is 2.86. The molecule has 3 aliphatic rings. The summed E-state index contributed by atoms with van der Waals surface area (Å²) in [5.41, 5.74) is 0. The molecule has 3 aliphatic heterocycles. The molecular weight excluding hydrogens is 351 g/mol. The lowest BCUT2D eigenvalue weighted by atomic mass is 10.1. The summed E-state index contributed by atoms with van der Waals surface area (Å²) in [5.74, 6) is -2.05. The van der Waals surface area contributed by atoms with Crippen LogP contribution in [0.25, 0.3) is 0 Å². The molecule has 4 atom stereocenters. The Balaban J connectivity index is 1.89. The Hall–Kier alpha value is 0.530. The number of alkyl halides is 1. The predicted octanol–water partition coefficient (Wildman–Crippen LogP) is 1.82. The zero-order valence-corrected chi connectivity index (χ0v) is 13.2. The predicted molar refractivity (Wildman–Crippen MR) is 71.4 cm³/mol. The number of fused-ring (bicyclic) bond motifs is 2. The van der Waals surface area contributed by atoms with Crippen LogP contribution in [0.3, 0.4) is 0 Å². The maximum absolute atomic E-state index is 6.05. The Morgan fingerprint density at radius 1 is 1.06 bits per heavy atom. The lowest BCUT2D eigenvalue weighted by Gasteiger charge is -2.30. The van der Waals surface area contributed by atoms with Crippen LogP contribution < -0.4 is 0 Å². The number of hydrogen-bond donors (Lipinski definition) is 0. The van der Waals surface area contributed by atoms with Gasteiger partial charge in [-0.05, 0) is 27.7 Å². The molecule has 0 aliphatic carbocycles. The molecule has 0 unspecified atom stereocenters. The van der Waals surface area contributed by atoms with Crippen LogP contribution in [-0.4, -0.2) is 46.7 Å². The standard InChI is InChI=1S/C12H19IO5/c1-10(2)14-6-12(18-10)9-8(7(5-13)15-12)16-11(3,4)17-9/h7-9H,5-6H2,1-4H3/t7-,8+,9+,12-/m1/s1. The van der Waals surface area contributed by atoms with Crippen molar-refractivity contribution < 1.29 is 23.7 Å². The molecule has 3 fully saturated rings. The monoisotopic (exact) mass is 370 g/mol. The third kappa shape index (κ3) is 2.01. The minimum absolute atomic E-state index is 0.0186. The summed E-state index contributed by atoms with van der Waals surface area (Å²) in [6.45, 7) is 8.00. The van der Waals surface area contributed by atoms with Gasteiger partial charge in [0.1, 0.15) is 18.8 Å². The van der Waals surface area contributed by atoms with Crippen molar-refractivity contribution in [2.45, 2.75) is 63.4 Å². The minimum Gasteiger partial charge on any atom is -0.345 e.